The topological polar surface area (TPSA) is 219 Å². The highest BCUT2D eigenvalue weighted by molar-refractivity contribution is 7.16. The number of anilines is 4. The summed E-state index contributed by atoms with van der Waals surface area (Å²) in [5.41, 5.74) is 9.85. The summed E-state index contributed by atoms with van der Waals surface area (Å²) in [5.74, 6) is -0.289. The Morgan fingerprint density at radius 3 is 1.40 bits per heavy atom. The molecule has 6 rings (SSSR count). The zero-order chi connectivity index (χ0) is 55.6. The molecule has 0 aliphatic carbocycles. The number of amides is 3. The molecule has 15 nitrogen and oxygen atoms in total. The Labute approximate surface area is 467 Å². The van der Waals surface area contributed by atoms with Gasteiger partial charge in [0.25, 0.3) is 5.91 Å². The lowest BCUT2D eigenvalue weighted by Gasteiger charge is -2.19. The number of aromatic nitrogens is 2. The molecular formula is C54H66Cl4N8O7S2. The molecule has 75 heavy (non-hydrogen) atoms. The molecule has 0 atom stereocenters. The fourth-order valence-electron chi connectivity index (χ4n) is 6.53. The van der Waals surface area contributed by atoms with Gasteiger partial charge in [0.2, 0.25) is 0 Å². The summed E-state index contributed by atoms with van der Waals surface area (Å²) in [4.78, 5) is 58.2. The normalized spacial score (nSPS) is 11.2. The number of carbonyl (C=O) groups excluding carboxylic acids is 3. The number of carbonyl (C=O) groups is 4. The second kappa shape index (κ2) is 29.0. The van der Waals surface area contributed by atoms with Crippen molar-refractivity contribution >= 4 is 115 Å². The number of rotatable bonds is 17. The Morgan fingerprint density at radius 2 is 1.00 bits per heavy atom. The Hall–Kier alpha value is -5.66. The first-order chi connectivity index (χ1) is 35.2. The second-order valence-corrected chi connectivity index (χ2v) is 23.5. The van der Waals surface area contributed by atoms with Gasteiger partial charge in [0.05, 0.1) is 37.0 Å². The number of benzene rings is 4. The summed E-state index contributed by atoms with van der Waals surface area (Å²) in [6.45, 7) is 20.9. The molecule has 0 saturated heterocycles. The van der Waals surface area contributed by atoms with Gasteiger partial charge in [-0.05, 0) is 127 Å². The van der Waals surface area contributed by atoms with Crippen LogP contribution >= 0.6 is 69.1 Å². The Morgan fingerprint density at radius 1 is 0.587 bits per heavy atom. The van der Waals surface area contributed by atoms with E-state index in [2.05, 4.69) is 54.3 Å². The molecule has 2 heterocycles. The number of carboxylic acid groups (broad SMARTS) is 1. The number of nitrogens with one attached hydrogen (secondary N) is 5. The quantitative estimate of drug-likeness (QED) is 0.0424. The summed E-state index contributed by atoms with van der Waals surface area (Å²) in [6.07, 6.45) is 0.815. The van der Waals surface area contributed by atoms with Crippen molar-refractivity contribution in [2.45, 2.75) is 93.3 Å². The van der Waals surface area contributed by atoms with Crippen LogP contribution < -0.4 is 32.3 Å². The number of halogens is 4. The number of nitrogens with zero attached hydrogens (tertiary/aromatic N) is 2. The van der Waals surface area contributed by atoms with E-state index in [0.717, 1.165) is 55.9 Å². The van der Waals surface area contributed by atoms with Crippen LogP contribution in [0.1, 0.15) is 99.7 Å². The lowest BCUT2D eigenvalue weighted by atomic mass is 10.0. The van der Waals surface area contributed by atoms with Gasteiger partial charge in [-0.25, -0.2) is 24.4 Å². The molecule has 0 bridgehead atoms. The van der Waals surface area contributed by atoms with E-state index in [0.29, 0.717) is 61.4 Å². The van der Waals surface area contributed by atoms with Crippen molar-refractivity contribution in [2.75, 3.05) is 36.8 Å². The standard InChI is InChI=1S/C27H32Cl2N4O3S.C20H18Cl2N2O2S.C7H16N2O2/c1-16(2)13-22-23(17-9-10-20(28)21(29)15-17)33-25(37-22)32-19-8-6-7-18(14-19)24(34)30-11-12-31-26(35)36-27(3,4)5;1-11(2)8-17-18(12-6-7-15(21)16(22)10-12)24-20(27-17)23-14-5-3-4-13(9-14)19(25)26;1-7(2,3)11-6(10)9-5-4-8/h6-10,14-16H,11-13H2,1-5H3,(H,30,34)(H,31,35)(H,32,33);3-7,9-11H,8H2,1-2H3,(H,23,24)(H,25,26);4-5,8H2,1-3H3,(H,9,10). The fourth-order valence-corrected chi connectivity index (χ4v) is 9.56. The number of hydrogen-bond donors (Lipinski definition) is 7. The molecule has 4 aromatic carbocycles. The zero-order valence-electron chi connectivity index (χ0n) is 43.7. The monoisotopic (exact) mass is 1140 g/mol. The van der Waals surface area contributed by atoms with Gasteiger partial charge >= 0.3 is 18.2 Å². The first kappa shape index (κ1) is 61.9. The third kappa shape index (κ3) is 21.8. The summed E-state index contributed by atoms with van der Waals surface area (Å²) >= 11 is 27.7. The minimum Gasteiger partial charge on any atom is -0.478 e. The molecule has 6 aromatic rings. The van der Waals surface area contributed by atoms with E-state index >= 15 is 0 Å². The second-order valence-electron chi connectivity index (χ2n) is 19.7. The van der Waals surface area contributed by atoms with Crippen LogP contribution in [0, 0.1) is 11.8 Å². The molecular weight excluding hydrogens is 1080 g/mol. The average molecular weight is 1150 g/mol. The molecule has 0 unspecified atom stereocenters. The molecule has 0 radical (unpaired) electrons. The minimum absolute atomic E-state index is 0.226. The molecule has 0 aliphatic rings. The molecule has 2 aromatic heterocycles. The maximum Gasteiger partial charge on any atom is 0.407 e. The van der Waals surface area contributed by atoms with E-state index in [1.54, 1.807) is 92.0 Å². The average Bonchev–Trinajstić information content (AvgIpc) is 3.90. The summed E-state index contributed by atoms with van der Waals surface area (Å²) in [7, 11) is 0. The van der Waals surface area contributed by atoms with Gasteiger partial charge in [0, 0.05) is 64.0 Å². The lowest BCUT2D eigenvalue weighted by Crippen LogP contribution is -2.37. The molecule has 0 fully saturated rings. The zero-order valence-corrected chi connectivity index (χ0v) is 48.3. The SMILES string of the molecule is CC(C)(C)OC(=O)NCCN.CC(C)Cc1sc(Nc2cccc(C(=O)NCCNC(=O)OC(C)(C)C)c2)nc1-c1ccc(Cl)c(Cl)c1.CC(C)Cc1sc(Nc2cccc(C(=O)O)c2)nc1-c1ccc(Cl)c(Cl)c1. The van der Waals surface area contributed by atoms with Gasteiger partial charge in [-0.1, -0.05) is 98.4 Å². The van der Waals surface area contributed by atoms with E-state index in [1.165, 1.54) is 0 Å². The van der Waals surface area contributed by atoms with Crippen LogP contribution in [0.5, 0.6) is 0 Å². The molecule has 0 saturated carbocycles. The number of ether oxygens (including phenoxy) is 2. The third-order valence-corrected chi connectivity index (χ3v) is 13.1. The van der Waals surface area contributed by atoms with Gasteiger partial charge in [-0.3, -0.25) is 4.79 Å². The third-order valence-electron chi connectivity index (χ3n) is 9.60. The maximum atomic E-state index is 12.6. The number of alkyl carbamates (subject to hydrolysis) is 2. The van der Waals surface area contributed by atoms with Crippen molar-refractivity contribution in [1.29, 1.82) is 0 Å². The summed E-state index contributed by atoms with van der Waals surface area (Å²) in [6, 6.07) is 24.8. The van der Waals surface area contributed by atoms with E-state index in [-0.39, 0.29) is 24.6 Å². The highest BCUT2D eigenvalue weighted by Gasteiger charge is 2.20. The molecule has 0 aliphatic heterocycles. The molecule has 404 valence electrons. The highest BCUT2D eigenvalue weighted by atomic mass is 35.5. The van der Waals surface area contributed by atoms with E-state index < -0.39 is 29.4 Å². The number of thiazole rings is 2. The highest BCUT2D eigenvalue weighted by Crippen LogP contribution is 2.38. The predicted octanol–water partition coefficient (Wildman–Crippen LogP) is 14.5. The Bertz CT molecular complexity index is 2880. The molecule has 3 amide bonds. The predicted molar refractivity (Wildman–Crippen MR) is 308 cm³/mol. The largest absolute Gasteiger partial charge is 0.478 e. The van der Waals surface area contributed by atoms with E-state index in [1.807, 2.05) is 57.2 Å². The summed E-state index contributed by atoms with van der Waals surface area (Å²) in [5, 5.41) is 27.0. The van der Waals surface area contributed by atoms with Crippen LogP contribution in [0.25, 0.3) is 22.5 Å². The van der Waals surface area contributed by atoms with Gasteiger partial charge in [-0.2, -0.15) is 0 Å². The van der Waals surface area contributed by atoms with Crippen molar-refractivity contribution < 1.29 is 33.8 Å². The van der Waals surface area contributed by atoms with Crippen LogP contribution in [0.15, 0.2) is 84.9 Å². The molecule has 21 heteroatoms. The van der Waals surface area contributed by atoms with Crippen LogP contribution in [0.4, 0.5) is 31.2 Å². The fraction of sp³-hybridized carbons (Fsp3) is 0.370. The molecule has 8 N–H and O–H groups in total. The van der Waals surface area contributed by atoms with Crippen LogP contribution in [0.2, 0.25) is 20.1 Å². The van der Waals surface area contributed by atoms with Crippen LogP contribution in [-0.2, 0) is 22.3 Å². The van der Waals surface area contributed by atoms with Gasteiger partial charge in [0.15, 0.2) is 10.3 Å². The number of aromatic carboxylic acids is 1. The van der Waals surface area contributed by atoms with Gasteiger partial charge in [-0.15, -0.1) is 22.7 Å². The molecule has 0 spiro atoms. The minimum atomic E-state index is -0.963. The Balaban J connectivity index is 0.000000279. The van der Waals surface area contributed by atoms with Gasteiger partial charge in [0.1, 0.15) is 11.2 Å². The van der Waals surface area contributed by atoms with Crippen LogP contribution in [0.3, 0.4) is 0 Å². The van der Waals surface area contributed by atoms with E-state index in [9.17, 15) is 19.2 Å². The Kier molecular flexibility index (Phi) is 23.9. The first-order valence-electron chi connectivity index (χ1n) is 24.0. The van der Waals surface area contributed by atoms with Crippen LogP contribution in [-0.4, -0.2) is 76.5 Å². The first-order valence-corrected chi connectivity index (χ1v) is 27.1. The van der Waals surface area contributed by atoms with Crippen molar-refractivity contribution in [1.82, 2.24) is 25.9 Å². The number of hydrogen-bond acceptors (Lipinski definition) is 13. The smallest absolute Gasteiger partial charge is 0.407 e. The maximum absolute atomic E-state index is 12.6. The van der Waals surface area contributed by atoms with Crippen molar-refractivity contribution in [3.05, 3.63) is 126 Å². The van der Waals surface area contributed by atoms with E-state index in [4.69, 9.17) is 76.7 Å². The van der Waals surface area contributed by atoms with Crippen molar-refractivity contribution in [3.8, 4) is 22.5 Å². The van der Waals surface area contributed by atoms with Gasteiger partial charge < -0.3 is 46.9 Å². The summed E-state index contributed by atoms with van der Waals surface area (Å²) < 4.78 is 10.1. The van der Waals surface area contributed by atoms with Crippen molar-refractivity contribution in [3.63, 3.8) is 0 Å². The number of carboxylic acids is 1. The number of nitrogens with two attached hydrogens (primary N) is 1. The lowest BCUT2D eigenvalue weighted by molar-refractivity contribution is 0.0517. The van der Waals surface area contributed by atoms with Crippen molar-refractivity contribution in [2.24, 2.45) is 17.6 Å².